The highest BCUT2D eigenvalue weighted by molar-refractivity contribution is 7.10. The molecule has 0 aliphatic carbocycles. The Bertz CT molecular complexity index is 732. The fourth-order valence-corrected chi connectivity index (χ4v) is 3.35. The monoisotopic (exact) mass is 287 g/mol. The van der Waals surface area contributed by atoms with Crippen LogP contribution in [-0.2, 0) is 13.5 Å². The van der Waals surface area contributed by atoms with Gasteiger partial charge in [0, 0.05) is 24.9 Å². The molecule has 0 spiro atoms. The number of rotatable bonds is 4. The van der Waals surface area contributed by atoms with Crippen LogP contribution in [0.15, 0.2) is 35.7 Å². The maximum atomic E-state index is 6.33. The first-order chi connectivity index (χ1) is 9.70. The summed E-state index contributed by atoms with van der Waals surface area (Å²) in [6.07, 6.45) is 0.707. The van der Waals surface area contributed by atoms with Crippen molar-refractivity contribution in [2.75, 3.05) is 7.11 Å². The van der Waals surface area contributed by atoms with Crippen LogP contribution >= 0.6 is 11.3 Å². The zero-order valence-corrected chi connectivity index (χ0v) is 12.4. The van der Waals surface area contributed by atoms with E-state index in [0.717, 1.165) is 21.8 Å². The molecule has 3 aromatic rings. The maximum Gasteiger partial charge on any atom is 0.134 e. The summed E-state index contributed by atoms with van der Waals surface area (Å²) in [5.41, 5.74) is 8.49. The van der Waals surface area contributed by atoms with Crippen molar-refractivity contribution >= 4 is 22.2 Å². The molecule has 3 rings (SSSR count). The van der Waals surface area contributed by atoms with Crippen molar-refractivity contribution < 1.29 is 4.74 Å². The van der Waals surface area contributed by atoms with E-state index in [4.69, 9.17) is 10.5 Å². The number of hydrogen-bond acceptors (Lipinski definition) is 4. The van der Waals surface area contributed by atoms with Gasteiger partial charge in [-0.15, -0.1) is 11.3 Å². The van der Waals surface area contributed by atoms with Gasteiger partial charge in [-0.05, 0) is 17.5 Å². The number of ether oxygens (including phenoxy) is 1. The lowest BCUT2D eigenvalue weighted by molar-refractivity contribution is 0.408. The third kappa shape index (κ3) is 2.19. The van der Waals surface area contributed by atoms with E-state index < -0.39 is 0 Å². The molecule has 0 fully saturated rings. The highest BCUT2D eigenvalue weighted by atomic mass is 32.1. The van der Waals surface area contributed by atoms with Crippen molar-refractivity contribution in [2.24, 2.45) is 12.8 Å². The second-order valence-electron chi connectivity index (χ2n) is 4.75. The van der Waals surface area contributed by atoms with Crippen molar-refractivity contribution in [3.63, 3.8) is 0 Å². The highest BCUT2D eigenvalue weighted by Crippen LogP contribution is 2.32. The van der Waals surface area contributed by atoms with Crippen LogP contribution in [0.4, 0.5) is 0 Å². The summed E-state index contributed by atoms with van der Waals surface area (Å²) in [5.74, 6) is 0.864. The van der Waals surface area contributed by atoms with Gasteiger partial charge in [-0.3, -0.25) is 4.68 Å². The SMILES string of the molecule is COc1ccsc1C(N)Cc1nn(C)c2ccccc12. The molecule has 20 heavy (non-hydrogen) atoms. The van der Waals surface area contributed by atoms with E-state index in [1.165, 1.54) is 5.39 Å². The van der Waals surface area contributed by atoms with Crippen molar-refractivity contribution in [2.45, 2.75) is 12.5 Å². The fourth-order valence-electron chi connectivity index (χ4n) is 2.49. The molecule has 4 nitrogen and oxygen atoms in total. The number of nitrogens with two attached hydrogens (primary N) is 1. The molecule has 0 saturated heterocycles. The molecule has 0 bridgehead atoms. The van der Waals surface area contributed by atoms with Crippen LogP contribution < -0.4 is 10.5 Å². The van der Waals surface area contributed by atoms with Crippen LogP contribution in [0.3, 0.4) is 0 Å². The van der Waals surface area contributed by atoms with E-state index in [-0.39, 0.29) is 6.04 Å². The van der Waals surface area contributed by atoms with Gasteiger partial charge in [0.2, 0.25) is 0 Å². The van der Waals surface area contributed by atoms with Gasteiger partial charge < -0.3 is 10.5 Å². The van der Waals surface area contributed by atoms with Crippen molar-refractivity contribution in [3.05, 3.63) is 46.3 Å². The normalized spacial score (nSPS) is 12.8. The third-order valence-corrected chi connectivity index (χ3v) is 4.49. The molecule has 0 radical (unpaired) electrons. The van der Waals surface area contributed by atoms with E-state index in [1.54, 1.807) is 18.4 Å². The molecule has 104 valence electrons. The first kappa shape index (κ1) is 13.1. The first-order valence-corrected chi connectivity index (χ1v) is 7.36. The Kier molecular flexibility index (Phi) is 3.46. The summed E-state index contributed by atoms with van der Waals surface area (Å²) in [6.45, 7) is 0. The number of methoxy groups -OCH3 is 1. The predicted octanol–water partition coefficient (Wildman–Crippen LogP) is 2.89. The Morgan fingerprint density at radius 1 is 1.35 bits per heavy atom. The Morgan fingerprint density at radius 2 is 2.15 bits per heavy atom. The van der Waals surface area contributed by atoms with E-state index >= 15 is 0 Å². The Hall–Kier alpha value is -1.85. The minimum Gasteiger partial charge on any atom is -0.496 e. The molecule has 2 aromatic heterocycles. The molecule has 0 amide bonds. The smallest absolute Gasteiger partial charge is 0.134 e. The van der Waals surface area contributed by atoms with Gasteiger partial charge in [0.15, 0.2) is 0 Å². The summed E-state index contributed by atoms with van der Waals surface area (Å²) in [6, 6.07) is 10.1. The van der Waals surface area contributed by atoms with Crippen molar-refractivity contribution in [3.8, 4) is 5.75 Å². The second-order valence-corrected chi connectivity index (χ2v) is 5.70. The van der Waals surface area contributed by atoms with Crippen LogP contribution in [-0.4, -0.2) is 16.9 Å². The van der Waals surface area contributed by atoms with Crippen LogP contribution in [0.2, 0.25) is 0 Å². The third-order valence-electron chi connectivity index (χ3n) is 3.46. The quantitative estimate of drug-likeness (QED) is 0.802. The van der Waals surface area contributed by atoms with Gasteiger partial charge in [0.1, 0.15) is 5.75 Å². The summed E-state index contributed by atoms with van der Waals surface area (Å²) < 4.78 is 7.25. The van der Waals surface area contributed by atoms with Crippen LogP contribution in [0.1, 0.15) is 16.6 Å². The molecule has 1 aromatic carbocycles. The summed E-state index contributed by atoms with van der Waals surface area (Å²) >= 11 is 1.63. The zero-order valence-electron chi connectivity index (χ0n) is 11.5. The van der Waals surface area contributed by atoms with Crippen LogP contribution in [0, 0.1) is 0 Å². The number of benzene rings is 1. The van der Waals surface area contributed by atoms with Gasteiger partial charge >= 0.3 is 0 Å². The lowest BCUT2D eigenvalue weighted by Crippen LogP contribution is -2.13. The molecule has 1 atom stereocenters. The van der Waals surface area contributed by atoms with Gasteiger partial charge in [-0.1, -0.05) is 18.2 Å². The van der Waals surface area contributed by atoms with E-state index in [2.05, 4.69) is 17.2 Å². The minimum atomic E-state index is -0.0942. The summed E-state index contributed by atoms with van der Waals surface area (Å²) in [7, 11) is 3.64. The first-order valence-electron chi connectivity index (χ1n) is 6.48. The Labute approximate surface area is 121 Å². The van der Waals surface area contributed by atoms with Crippen LogP contribution in [0.5, 0.6) is 5.75 Å². The van der Waals surface area contributed by atoms with Crippen molar-refractivity contribution in [1.82, 2.24) is 9.78 Å². The van der Waals surface area contributed by atoms with Gasteiger partial charge in [0.25, 0.3) is 0 Å². The van der Waals surface area contributed by atoms with Gasteiger partial charge in [-0.2, -0.15) is 5.10 Å². The summed E-state index contributed by atoms with van der Waals surface area (Å²) in [4.78, 5) is 1.07. The average Bonchev–Trinajstić information content (AvgIpc) is 3.05. The number of thiophene rings is 1. The molecular formula is C15H17N3OS. The number of fused-ring (bicyclic) bond motifs is 1. The number of nitrogens with zero attached hydrogens (tertiary/aromatic N) is 2. The summed E-state index contributed by atoms with van der Waals surface area (Å²) in [5, 5.41) is 7.77. The standard InChI is InChI=1S/C15H17N3OS/c1-18-13-6-4-3-5-10(13)12(17-18)9-11(16)15-14(19-2)7-8-20-15/h3-8,11H,9,16H2,1-2H3. The minimum absolute atomic E-state index is 0.0942. The molecule has 2 N–H and O–H groups in total. The second kappa shape index (κ2) is 5.26. The van der Waals surface area contributed by atoms with E-state index in [0.29, 0.717) is 6.42 Å². The molecule has 5 heteroatoms. The number of aryl methyl sites for hydroxylation is 1. The topological polar surface area (TPSA) is 53.1 Å². The predicted molar refractivity (Wildman–Crippen MR) is 82.2 cm³/mol. The van der Waals surface area contributed by atoms with Gasteiger partial charge in [0.05, 0.1) is 23.2 Å². The Morgan fingerprint density at radius 3 is 2.95 bits per heavy atom. The molecule has 0 aliphatic heterocycles. The van der Waals surface area contributed by atoms with E-state index in [1.807, 2.05) is 35.3 Å². The zero-order chi connectivity index (χ0) is 14.1. The number of para-hydroxylation sites is 1. The van der Waals surface area contributed by atoms with Crippen molar-refractivity contribution in [1.29, 1.82) is 0 Å². The molecule has 1 unspecified atom stereocenters. The largest absolute Gasteiger partial charge is 0.496 e. The Balaban J connectivity index is 1.93. The lowest BCUT2D eigenvalue weighted by atomic mass is 10.1. The maximum absolute atomic E-state index is 6.33. The van der Waals surface area contributed by atoms with Gasteiger partial charge in [-0.25, -0.2) is 0 Å². The number of hydrogen-bond donors (Lipinski definition) is 1. The molecule has 2 heterocycles. The molecular weight excluding hydrogens is 270 g/mol. The number of aromatic nitrogens is 2. The highest BCUT2D eigenvalue weighted by Gasteiger charge is 2.17. The average molecular weight is 287 g/mol. The molecule has 0 saturated carbocycles. The van der Waals surface area contributed by atoms with Crippen LogP contribution in [0.25, 0.3) is 10.9 Å². The fraction of sp³-hybridized carbons (Fsp3) is 0.267. The molecule has 0 aliphatic rings. The lowest BCUT2D eigenvalue weighted by Gasteiger charge is -2.10. The van der Waals surface area contributed by atoms with E-state index in [9.17, 15) is 0 Å².